The number of rotatable bonds is 4. The normalized spacial score (nSPS) is 21.2. The van der Waals surface area contributed by atoms with Crippen LogP contribution in [0.2, 0.25) is 0 Å². The Morgan fingerprint density at radius 1 is 1.40 bits per heavy atom. The highest BCUT2D eigenvalue weighted by molar-refractivity contribution is 5.86. The molecule has 2 unspecified atom stereocenters. The van der Waals surface area contributed by atoms with E-state index in [9.17, 15) is 4.79 Å². The maximum atomic E-state index is 12.9. The van der Waals surface area contributed by atoms with Gasteiger partial charge in [-0.2, -0.15) is 0 Å². The average molecular weight is 274 g/mol. The minimum atomic E-state index is -0.00333. The quantitative estimate of drug-likeness (QED) is 0.909. The Labute approximate surface area is 122 Å². The van der Waals surface area contributed by atoms with Crippen LogP contribution in [0.4, 0.5) is 5.69 Å². The topological polar surface area (TPSA) is 32.3 Å². The molecule has 3 heteroatoms. The van der Waals surface area contributed by atoms with Crippen molar-refractivity contribution < 1.29 is 4.79 Å². The van der Waals surface area contributed by atoms with Gasteiger partial charge in [0, 0.05) is 24.3 Å². The van der Waals surface area contributed by atoms with Gasteiger partial charge in [0.2, 0.25) is 5.91 Å². The molecule has 0 radical (unpaired) electrons. The van der Waals surface area contributed by atoms with Gasteiger partial charge in [0.05, 0.1) is 5.92 Å². The van der Waals surface area contributed by atoms with E-state index in [0.29, 0.717) is 6.04 Å². The summed E-state index contributed by atoms with van der Waals surface area (Å²) < 4.78 is 0. The summed E-state index contributed by atoms with van der Waals surface area (Å²) >= 11 is 0. The first-order valence-corrected chi connectivity index (χ1v) is 7.70. The van der Waals surface area contributed by atoms with Gasteiger partial charge in [-0.05, 0) is 45.2 Å². The Morgan fingerprint density at radius 2 is 2.10 bits per heavy atom. The van der Waals surface area contributed by atoms with Gasteiger partial charge in [0.1, 0.15) is 0 Å². The van der Waals surface area contributed by atoms with Gasteiger partial charge in [-0.1, -0.05) is 25.1 Å². The third-order valence-corrected chi connectivity index (χ3v) is 4.00. The predicted octanol–water partition coefficient (Wildman–Crippen LogP) is 3.62. The van der Waals surface area contributed by atoms with Gasteiger partial charge in [-0.3, -0.25) is 4.79 Å². The van der Waals surface area contributed by atoms with E-state index in [1.54, 1.807) is 0 Å². The highest BCUT2D eigenvalue weighted by Crippen LogP contribution is 2.35. The Bertz CT molecular complexity index is 470. The van der Waals surface area contributed by atoms with E-state index in [1.165, 1.54) is 0 Å². The molecule has 0 aliphatic carbocycles. The molecule has 1 aliphatic heterocycles. The van der Waals surface area contributed by atoms with E-state index in [1.807, 2.05) is 17.0 Å². The van der Waals surface area contributed by atoms with Gasteiger partial charge in [-0.25, -0.2) is 0 Å². The molecule has 0 saturated carbocycles. The molecular weight excluding hydrogens is 248 g/mol. The third kappa shape index (κ3) is 2.97. The maximum Gasteiger partial charge on any atom is 0.230 e. The van der Waals surface area contributed by atoms with E-state index < -0.39 is 0 Å². The summed E-state index contributed by atoms with van der Waals surface area (Å²) in [6.07, 6.45) is 1.88. The van der Waals surface area contributed by atoms with E-state index in [2.05, 4.69) is 45.1 Å². The summed E-state index contributed by atoms with van der Waals surface area (Å²) in [5, 5.41) is 3.47. The molecule has 1 aromatic rings. The lowest BCUT2D eigenvalue weighted by Gasteiger charge is -2.35. The fourth-order valence-corrected chi connectivity index (χ4v) is 3.04. The minimum Gasteiger partial charge on any atom is -0.382 e. The molecule has 0 saturated heterocycles. The van der Waals surface area contributed by atoms with Crippen LogP contribution in [0.1, 0.15) is 52.0 Å². The van der Waals surface area contributed by atoms with Crippen molar-refractivity contribution in [3.63, 3.8) is 0 Å². The van der Waals surface area contributed by atoms with Crippen molar-refractivity contribution in [3.8, 4) is 0 Å². The Morgan fingerprint density at radius 3 is 2.75 bits per heavy atom. The van der Waals surface area contributed by atoms with Crippen molar-refractivity contribution in [1.82, 2.24) is 4.90 Å². The summed E-state index contributed by atoms with van der Waals surface area (Å²) in [5.74, 6) is 0.277. The van der Waals surface area contributed by atoms with E-state index in [0.717, 1.165) is 30.6 Å². The molecule has 1 heterocycles. The smallest absolute Gasteiger partial charge is 0.230 e. The number of hydrogen-bond donors (Lipinski definition) is 1. The molecule has 0 aromatic heterocycles. The van der Waals surface area contributed by atoms with Crippen LogP contribution in [-0.4, -0.2) is 29.4 Å². The van der Waals surface area contributed by atoms with Crippen LogP contribution in [-0.2, 0) is 4.79 Å². The lowest BCUT2D eigenvalue weighted by Crippen LogP contribution is -2.43. The molecule has 3 nitrogen and oxygen atoms in total. The largest absolute Gasteiger partial charge is 0.382 e. The molecular formula is C17H26N2O. The summed E-state index contributed by atoms with van der Waals surface area (Å²) in [6, 6.07) is 8.81. The number of fused-ring (bicyclic) bond motifs is 1. The first-order valence-electron chi connectivity index (χ1n) is 7.70. The number of nitrogens with zero attached hydrogens (tertiary/aromatic N) is 1. The molecule has 2 rings (SSSR count). The van der Waals surface area contributed by atoms with Crippen molar-refractivity contribution in [2.45, 2.75) is 58.5 Å². The molecule has 110 valence electrons. The van der Waals surface area contributed by atoms with Gasteiger partial charge < -0.3 is 10.2 Å². The molecule has 2 atom stereocenters. The van der Waals surface area contributed by atoms with Gasteiger partial charge in [0.25, 0.3) is 0 Å². The zero-order chi connectivity index (χ0) is 14.7. The van der Waals surface area contributed by atoms with Crippen molar-refractivity contribution in [2.75, 3.05) is 11.9 Å². The van der Waals surface area contributed by atoms with Gasteiger partial charge >= 0.3 is 0 Å². The minimum absolute atomic E-state index is 0.00333. The Balaban J connectivity index is 2.29. The third-order valence-electron chi connectivity index (χ3n) is 4.00. The Hall–Kier alpha value is -1.51. The fourth-order valence-electron chi connectivity index (χ4n) is 3.04. The van der Waals surface area contributed by atoms with Crippen molar-refractivity contribution in [2.24, 2.45) is 0 Å². The number of para-hydroxylation sites is 1. The second kappa shape index (κ2) is 6.29. The van der Waals surface area contributed by atoms with Crippen LogP contribution in [0, 0.1) is 0 Å². The number of amides is 1. The fraction of sp³-hybridized carbons (Fsp3) is 0.588. The van der Waals surface area contributed by atoms with Crippen LogP contribution >= 0.6 is 0 Å². The maximum absolute atomic E-state index is 12.9. The van der Waals surface area contributed by atoms with Gasteiger partial charge in [0.15, 0.2) is 0 Å². The highest BCUT2D eigenvalue weighted by atomic mass is 16.2. The zero-order valence-electron chi connectivity index (χ0n) is 13.0. The number of nitrogens with one attached hydrogen (secondary N) is 1. The summed E-state index contributed by atoms with van der Waals surface area (Å²) in [4.78, 5) is 15.0. The molecule has 1 aromatic carbocycles. The first kappa shape index (κ1) is 14.9. The summed E-state index contributed by atoms with van der Waals surface area (Å²) in [5.41, 5.74) is 2.27. The van der Waals surface area contributed by atoms with Crippen LogP contribution < -0.4 is 5.32 Å². The van der Waals surface area contributed by atoms with E-state index in [-0.39, 0.29) is 17.9 Å². The first-order chi connectivity index (χ1) is 9.54. The molecule has 1 amide bonds. The zero-order valence-corrected chi connectivity index (χ0v) is 13.0. The SMILES string of the molecule is CCCN(C(=O)C1CC(C)Nc2ccccc21)C(C)C. The number of benzene rings is 1. The van der Waals surface area contributed by atoms with Crippen LogP contribution in [0.5, 0.6) is 0 Å². The molecule has 0 bridgehead atoms. The average Bonchev–Trinajstić information content (AvgIpc) is 2.42. The lowest BCUT2D eigenvalue weighted by atomic mass is 9.86. The van der Waals surface area contributed by atoms with E-state index >= 15 is 0 Å². The van der Waals surface area contributed by atoms with Crippen LogP contribution in [0.3, 0.4) is 0 Å². The molecule has 1 aliphatic rings. The lowest BCUT2D eigenvalue weighted by molar-refractivity contribution is -0.134. The predicted molar refractivity (Wildman–Crippen MR) is 84.0 cm³/mol. The molecule has 0 spiro atoms. The Kier molecular flexibility index (Phi) is 4.69. The number of carbonyl (C=O) groups is 1. The second-order valence-corrected chi connectivity index (χ2v) is 6.05. The standard InChI is InChI=1S/C17H26N2O/c1-5-10-19(12(2)3)17(20)15-11-13(4)18-16-9-7-6-8-14(15)16/h6-9,12-13,15,18H,5,10-11H2,1-4H3. The van der Waals surface area contributed by atoms with Crippen molar-refractivity contribution in [1.29, 1.82) is 0 Å². The highest BCUT2D eigenvalue weighted by Gasteiger charge is 2.32. The summed E-state index contributed by atoms with van der Waals surface area (Å²) in [7, 11) is 0. The monoisotopic (exact) mass is 274 g/mol. The second-order valence-electron chi connectivity index (χ2n) is 6.05. The van der Waals surface area contributed by atoms with E-state index in [4.69, 9.17) is 0 Å². The number of carbonyl (C=O) groups excluding carboxylic acids is 1. The summed E-state index contributed by atoms with van der Waals surface area (Å²) in [6.45, 7) is 9.32. The number of anilines is 1. The van der Waals surface area contributed by atoms with Crippen molar-refractivity contribution >= 4 is 11.6 Å². The van der Waals surface area contributed by atoms with Crippen LogP contribution in [0.15, 0.2) is 24.3 Å². The van der Waals surface area contributed by atoms with Crippen LogP contribution in [0.25, 0.3) is 0 Å². The molecule has 1 N–H and O–H groups in total. The molecule has 0 fully saturated rings. The van der Waals surface area contributed by atoms with Crippen molar-refractivity contribution in [3.05, 3.63) is 29.8 Å². The molecule has 20 heavy (non-hydrogen) atoms. The van der Waals surface area contributed by atoms with Gasteiger partial charge in [-0.15, -0.1) is 0 Å². The number of hydrogen-bond acceptors (Lipinski definition) is 2.